The molecule has 0 fully saturated rings. The minimum Gasteiger partial charge on any atom is -0.490 e. The standard InChI is InChI=1S/C17H22BrN3O2/c1-12(2)23-16-9-14(18)5-6-15(16)17(22)19-10-13(3)11-21-8-4-7-20-21/h4-9,12-13H,10-11H2,1-3H3,(H,19,22). The Morgan fingerprint density at radius 2 is 2.17 bits per heavy atom. The third-order valence-electron chi connectivity index (χ3n) is 3.22. The van der Waals surface area contributed by atoms with Gasteiger partial charge in [-0.1, -0.05) is 22.9 Å². The van der Waals surface area contributed by atoms with Crippen LogP contribution < -0.4 is 10.1 Å². The molecule has 0 bridgehead atoms. The van der Waals surface area contributed by atoms with E-state index in [1.165, 1.54) is 0 Å². The second kappa shape index (κ2) is 8.15. The Labute approximate surface area is 145 Å². The van der Waals surface area contributed by atoms with Crippen LogP contribution in [0, 0.1) is 5.92 Å². The molecule has 1 amide bonds. The molecular weight excluding hydrogens is 358 g/mol. The number of aromatic nitrogens is 2. The van der Waals surface area contributed by atoms with Crippen LogP contribution in [0.1, 0.15) is 31.1 Å². The number of nitrogens with one attached hydrogen (secondary N) is 1. The van der Waals surface area contributed by atoms with E-state index in [4.69, 9.17) is 4.74 Å². The zero-order chi connectivity index (χ0) is 16.8. The van der Waals surface area contributed by atoms with E-state index in [0.717, 1.165) is 11.0 Å². The second-order valence-electron chi connectivity index (χ2n) is 5.85. The van der Waals surface area contributed by atoms with E-state index in [9.17, 15) is 4.79 Å². The number of rotatable bonds is 7. The van der Waals surface area contributed by atoms with Crippen LogP contribution in [0.25, 0.3) is 0 Å². The molecule has 1 heterocycles. The molecule has 0 saturated carbocycles. The lowest BCUT2D eigenvalue weighted by Crippen LogP contribution is -2.30. The van der Waals surface area contributed by atoms with Gasteiger partial charge < -0.3 is 10.1 Å². The SMILES string of the molecule is CC(CNC(=O)c1ccc(Br)cc1OC(C)C)Cn1cccn1. The first kappa shape index (κ1) is 17.5. The number of benzene rings is 1. The molecule has 2 rings (SSSR count). The highest BCUT2D eigenvalue weighted by molar-refractivity contribution is 9.10. The van der Waals surface area contributed by atoms with Crippen molar-refractivity contribution in [2.24, 2.45) is 5.92 Å². The summed E-state index contributed by atoms with van der Waals surface area (Å²) in [4.78, 5) is 12.4. The van der Waals surface area contributed by atoms with E-state index in [2.05, 4.69) is 33.3 Å². The number of hydrogen-bond donors (Lipinski definition) is 1. The van der Waals surface area contributed by atoms with Gasteiger partial charge >= 0.3 is 0 Å². The lowest BCUT2D eigenvalue weighted by Gasteiger charge is -2.16. The summed E-state index contributed by atoms with van der Waals surface area (Å²) in [6, 6.07) is 7.33. The number of nitrogens with zero attached hydrogens (tertiary/aromatic N) is 2. The first-order valence-electron chi connectivity index (χ1n) is 7.67. The third kappa shape index (κ3) is 5.39. The van der Waals surface area contributed by atoms with Crippen LogP contribution in [0.2, 0.25) is 0 Å². The summed E-state index contributed by atoms with van der Waals surface area (Å²) in [6.45, 7) is 7.30. The Balaban J connectivity index is 1.97. The monoisotopic (exact) mass is 379 g/mol. The topological polar surface area (TPSA) is 56.1 Å². The molecule has 0 aliphatic carbocycles. The first-order valence-corrected chi connectivity index (χ1v) is 8.47. The van der Waals surface area contributed by atoms with Crippen molar-refractivity contribution in [3.63, 3.8) is 0 Å². The molecule has 2 aromatic rings. The van der Waals surface area contributed by atoms with Crippen LogP contribution in [0.15, 0.2) is 41.1 Å². The molecule has 0 radical (unpaired) electrons. The molecule has 1 unspecified atom stereocenters. The van der Waals surface area contributed by atoms with Crippen LogP contribution >= 0.6 is 15.9 Å². The predicted molar refractivity (Wildman–Crippen MR) is 93.6 cm³/mol. The summed E-state index contributed by atoms with van der Waals surface area (Å²) >= 11 is 3.41. The number of halogens is 1. The highest BCUT2D eigenvalue weighted by atomic mass is 79.9. The van der Waals surface area contributed by atoms with Crippen LogP contribution in [-0.4, -0.2) is 28.3 Å². The maximum atomic E-state index is 12.4. The fourth-order valence-corrected chi connectivity index (χ4v) is 2.53. The van der Waals surface area contributed by atoms with Crippen molar-refractivity contribution >= 4 is 21.8 Å². The maximum absolute atomic E-state index is 12.4. The van der Waals surface area contributed by atoms with Crippen molar-refractivity contribution in [1.29, 1.82) is 0 Å². The van der Waals surface area contributed by atoms with Gasteiger partial charge in [0.25, 0.3) is 5.91 Å². The average Bonchev–Trinajstić information content (AvgIpc) is 2.97. The Hall–Kier alpha value is -1.82. The molecule has 1 atom stereocenters. The average molecular weight is 380 g/mol. The molecule has 23 heavy (non-hydrogen) atoms. The summed E-state index contributed by atoms with van der Waals surface area (Å²) in [6.07, 6.45) is 3.68. The molecular formula is C17H22BrN3O2. The van der Waals surface area contributed by atoms with E-state index in [0.29, 0.717) is 17.9 Å². The van der Waals surface area contributed by atoms with Gasteiger partial charge in [0, 0.05) is 30.0 Å². The van der Waals surface area contributed by atoms with Crippen molar-refractivity contribution in [3.8, 4) is 5.75 Å². The summed E-state index contributed by atoms with van der Waals surface area (Å²) in [5.41, 5.74) is 0.549. The molecule has 124 valence electrons. The summed E-state index contributed by atoms with van der Waals surface area (Å²) < 4.78 is 8.49. The van der Waals surface area contributed by atoms with Gasteiger partial charge in [-0.3, -0.25) is 9.48 Å². The van der Waals surface area contributed by atoms with Gasteiger partial charge in [-0.15, -0.1) is 0 Å². The Morgan fingerprint density at radius 1 is 1.39 bits per heavy atom. The Kier molecular flexibility index (Phi) is 6.21. The maximum Gasteiger partial charge on any atom is 0.255 e. The summed E-state index contributed by atoms with van der Waals surface area (Å²) in [5, 5.41) is 7.15. The first-order chi connectivity index (χ1) is 11.0. The minimum absolute atomic E-state index is 0.00888. The van der Waals surface area contributed by atoms with E-state index in [-0.39, 0.29) is 17.9 Å². The van der Waals surface area contributed by atoms with Crippen LogP contribution in [0.3, 0.4) is 0 Å². The fraction of sp³-hybridized carbons (Fsp3) is 0.412. The predicted octanol–water partition coefficient (Wildman–Crippen LogP) is 3.50. The number of carbonyl (C=O) groups is 1. The van der Waals surface area contributed by atoms with E-state index in [1.807, 2.05) is 42.9 Å². The van der Waals surface area contributed by atoms with Crippen molar-refractivity contribution in [2.45, 2.75) is 33.4 Å². The molecule has 6 heteroatoms. The quantitative estimate of drug-likeness (QED) is 0.800. The Bertz CT molecular complexity index is 641. The van der Waals surface area contributed by atoms with Crippen molar-refractivity contribution < 1.29 is 9.53 Å². The fourth-order valence-electron chi connectivity index (χ4n) is 2.19. The van der Waals surface area contributed by atoms with Crippen molar-refractivity contribution in [1.82, 2.24) is 15.1 Å². The van der Waals surface area contributed by atoms with E-state index < -0.39 is 0 Å². The molecule has 1 aromatic heterocycles. The van der Waals surface area contributed by atoms with Gasteiger partial charge in [0.05, 0.1) is 11.7 Å². The number of ether oxygens (including phenoxy) is 1. The van der Waals surface area contributed by atoms with Gasteiger partial charge in [-0.2, -0.15) is 5.10 Å². The van der Waals surface area contributed by atoms with E-state index >= 15 is 0 Å². The highest BCUT2D eigenvalue weighted by Gasteiger charge is 2.15. The van der Waals surface area contributed by atoms with Gasteiger partial charge in [-0.05, 0) is 44.0 Å². The van der Waals surface area contributed by atoms with Crippen LogP contribution in [-0.2, 0) is 6.54 Å². The smallest absolute Gasteiger partial charge is 0.255 e. The third-order valence-corrected chi connectivity index (χ3v) is 3.71. The zero-order valence-corrected chi connectivity index (χ0v) is 15.2. The summed E-state index contributed by atoms with van der Waals surface area (Å²) in [7, 11) is 0. The van der Waals surface area contributed by atoms with Gasteiger partial charge in [-0.25, -0.2) is 0 Å². The van der Waals surface area contributed by atoms with Crippen molar-refractivity contribution in [3.05, 3.63) is 46.7 Å². The molecule has 0 aliphatic heterocycles. The normalized spacial score (nSPS) is 12.2. The number of amides is 1. The van der Waals surface area contributed by atoms with Gasteiger partial charge in [0.15, 0.2) is 0 Å². The molecule has 1 aromatic carbocycles. The molecule has 5 nitrogen and oxygen atoms in total. The molecule has 0 aliphatic rings. The highest BCUT2D eigenvalue weighted by Crippen LogP contribution is 2.24. The molecule has 0 spiro atoms. The van der Waals surface area contributed by atoms with Gasteiger partial charge in [0.2, 0.25) is 0 Å². The molecule has 1 N–H and O–H groups in total. The van der Waals surface area contributed by atoms with Gasteiger partial charge in [0.1, 0.15) is 5.75 Å². The number of hydrogen-bond acceptors (Lipinski definition) is 3. The van der Waals surface area contributed by atoms with E-state index in [1.54, 1.807) is 12.3 Å². The lowest BCUT2D eigenvalue weighted by molar-refractivity contribution is 0.0940. The minimum atomic E-state index is -0.125. The van der Waals surface area contributed by atoms with Crippen molar-refractivity contribution in [2.75, 3.05) is 6.54 Å². The second-order valence-corrected chi connectivity index (χ2v) is 6.77. The molecule has 0 saturated heterocycles. The van der Waals surface area contributed by atoms with Crippen LogP contribution in [0.5, 0.6) is 5.75 Å². The summed E-state index contributed by atoms with van der Waals surface area (Å²) in [5.74, 6) is 0.746. The lowest BCUT2D eigenvalue weighted by atomic mass is 10.1. The Morgan fingerprint density at radius 3 is 2.83 bits per heavy atom. The largest absolute Gasteiger partial charge is 0.490 e. The zero-order valence-electron chi connectivity index (χ0n) is 13.6. The number of carbonyl (C=O) groups excluding carboxylic acids is 1. The van der Waals surface area contributed by atoms with Crippen LogP contribution in [0.4, 0.5) is 0 Å².